The van der Waals surface area contributed by atoms with E-state index in [0.29, 0.717) is 0 Å². The smallest absolute Gasteiger partial charge is 0.265 e. The molecule has 74 valence electrons. The first-order valence-electron chi connectivity index (χ1n) is 3.75. The Morgan fingerprint density at radius 1 is 1.69 bits per heavy atom. The van der Waals surface area contributed by atoms with Gasteiger partial charge in [-0.05, 0) is 12.2 Å². The summed E-state index contributed by atoms with van der Waals surface area (Å²) in [5, 5.41) is 5.87. The molecule has 0 amide bonds. The minimum absolute atomic E-state index is 0.0156. The number of nitrogens with one attached hydrogen (secondary N) is 1. The molecular weight excluding hydrogens is 198 g/mol. The van der Waals surface area contributed by atoms with Crippen molar-refractivity contribution in [2.45, 2.75) is 25.8 Å². The third-order valence-electron chi connectivity index (χ3n) is 1.69. The highest BCUT2D eigenvalue weighted by molar-refractivity contribution is 7.71. The van der Waals surface area contributed by atoms with Crippen LogP contribution in [0.1, 0.15) is 13.3 Å². The lowest BCUT2D eigenvalue weighted by molar-refractivity contribution is -0.0197. The Morgan fingerprint density at radius 2 is 2.31 bits per heavy atom. The number of aromatic amines is 1. The molecule has 0 saturated heterocycles. The zero-order chi connectivity index (χ0) is 10.1. The molecule has 1 heterocycles. The van der Waals surface area contributed by atoms with Gasteiger partial charge in [0.1, 0.15) is 0 Å². The third kappa shape index (κ3) is 2.24. The molecule has 0 fully saturated rings. The Hall–Kier alpha value is -0.980. The van der Waals surface area contributed by atoms with Crippen molar-refractivity contribution >= 4 is 18.2 Å². The molecule has 0 aromatic carbocycles. The largest absolute Gasteiger partial charge is 0.368 e. The second-order valence-electron chi connectivity index (χ2n) is 2.68. The van der Waals surface area contributed by atoms with Crippen LogP contribution in [-0.4, -0.2) is 20.7 Å². The van der Waals surface area contributed by atoms with Gasteiger partial charge in [-0.1, -0.05) is 6.92 Å². The Balaban J connectivity index is 2.92. The summed E-state index contributed by atoms with van der Waals surface area (Å²) < 4.78 is 27.0. The molecule has 4 nitrogen and oxygen atoms in total. The standard InChI is InChI=1S/C6H10F2N4S/c1-2-6(7,8)3-12-4(9)10-11-5(12)13/h2-3H2,1H3,(H2,9,10)(H,11,13). The van der Waals surface area contributed by atoms with Crippen molar-refractivity contribution in [2.75, 3.05) is 5.73 Å². The van der Waals surface area contributed by atoms with Crippen LogP contribution in [0.2, 0.25) is 0 Å². The molecule has 0 aliphatic heterocycles. The first kappa shape index (κ1) is 10.1. The molecule has 0 spiro atoms. The van der Waals surface area contributed by atoms with Crippen molar-refractivity contribution < 1.29 is 8.78 Å². The number of H-pyrrole nitrogens is 1. The molecule has 0 bridgehead atoms. The molecule has 0 atom stereocenters. The van der Waals surface area contributed by atoms with Crippen LogP contribution in [0, 0.1) is 4.77 Å². The summed E-state index contributed by atoms with van der Waals surface area (Å²) >= 11 is 4.72. The Kier molecular flexibility index (Phi) is 2.65. The monoisotopic (exact) mass is 208 g/mol. The van der Waals surface area contributed by atoms with Gasteiger partial charge in [0, 0.05) is 6.42 Å². The van der Waals surface area contributed by atoms with E-state index < -0.39 is 12.5 Å². The van der Waals surface area contributed by atoms with Crippen LogP contribution in [0.5, 0.6) is 0 Å². The van der Waals surface area contributed by atoms with Gasteiger partial charge in [-0.2, -0.15) is 0 Å². The van der Waals surface area contributed by atoms with Crippen molar-refractivity contribution in [3.63, 3.8) is 0 Å². The number of hydrogen-bond donors (Lipinski definition) is 2. The van der Waals surface area contributed by atoms with Crippen LogP contribution in [0.4, 0.5) is 14.7 Å². The highest BCUT2D eigenvalue weighted by Crippen LogP contribution is 2.21. The van der Waals surface area contributed by atoms with E-state index in [9.17, 15) is 8.78 Å². The number of nitrogen functional groups attached to an aromatic ring is 1. The highest BCUT2D eigenvalue weighted by Gasteiger charge is 2.28. The molecule has 0 unspecified atom stereocenters. The summed E-state index contributed by atoms with van der Waals surface area (Å²) in [5.41, 5.74) is 5.32. The van der Waals surface area contributed by atoms with Crippen molar-refractivity contribution in [2.24, 2.45) is 0 Å². The van der Waals surface area contributed by atoms with Crippen molar-refractivity contribution in [1.82, 2.24) is 14.8 Å². The van der Waals surface area contributed by atoms with Crippen molar-refractivity contribution in [3.8, 4) is 0 Å². The van der Waals surface area contributed by atoms with Gasteiger partial charge in [-0.15, -0.1) is 5.10 Å². The second kappa shape index (κ2) is 3.41. The summed E-state index contributed by atoms with van der Waals surface area (Å²) in [5.74, 6) is -2.81. The fourth-order valence-corrected chi connectivity index (χ4v) is 1.03. The van der Waals surface area contributed by atoms with Gasteiger partial charge in [-0.3, -0.25) is 4.57 Å². The van der Waals surface area contributed by atoms with E-state index in [2.05, 4.69) is 10.2 Å². The van der Waals surface area contributed by atoms with E-state index in [-0.39, 0.29) is 17.1 Å². The maximum absolute atomic E-state index is 12.9. The number of anilines is 1. The molecule has 1 aromatic rings. The molecule has 1 aromatic heterocycles. The average molecular weight is 208 g/mol. The van der Waals surface area contributed by atoms with Gasteiger partial charge in [0.2, 0.25) is 5.95 Å². The maximum Gasteiger partial charge on any atom is 0.265 e. The molecule has 0 radical (unpaired) electrons. The molecule has 0 saturated carbocycles. The van der Waals surface area contributed by atoms with Crippen molar-refractivity contribution in [1.29, 1.82) is 0 Å². The summed E-state index contributed by atoms with van der Waals surface area (Å²) in [6, 6.07) is 0. The van der Waals surface area contributed by atoms with Crippen LogP contribution in [0.25, 0.3) is 0 Å². The molecule has 1 rings (SSSR count). The first-order valence-corrected chi connectivity index (χ1v) is 4.15. The fourth-order valence-electron chi connectivity index (χ4n) is 0.826. The predicted molar refractivity (Wildman–Crippen MR) is 47.1 cm³/mol. The maximum atomic E-state index is 12.9. The minimum Gasteiger partial charge on any atom is -0.368 e. The SMILES string of the molecule is CCC(F)(F)Cn1c(N)n[nH]c1=S. The fraction of sp³-hybridized carbons (Fsp3) is 0.667. The normalized spacial score (nSPS) is 11.9. The van der Waals surface area contributed by atoms with Crippen LogP contribution in [0.3, 0.4) is 0 Å². The van der Waals surface area contributed by atoms with Gasteiger partial charge in [0.05, 0.1) is 6.54 Å². The number of nitrogens with two attached hydrogens (primary N) is 1. The number of halogens is 2. The topological polar surface area (TPSA) is 59.6 Å². The van der Waals surface area contributed by atoms with Gasteiger partial charge in [-0.25, -0.2) is 13.9 Å². The van der Waals surface area contributed by atoms with E-state index in [4.69, 9.17) is 18.0 Å². The molecule has 0 aliphatic rings. The number of rotatable bonds is 3. The van der Waals surface area contributed by atoms with Crippen LogP contribution in [-0.2, 0) is 6.54 Å². The lowest BCUT2D eigenvalue weighted by Crippen LogP contribution is -2.23. The Morgan fingerprint density at radius 3 is 2.69 bits per heavy atom. The van der Waals surface area contributed by atoms with Crippen LogP contribution in [0.15, 0.2) is 0 Å². The van der Waals surface area contributed by atoms with E-state index in [1.54, 1.807) is 0 Å². The summed E-state index contributed by atoms with van der Waals surface area (Å²) in [6.07, 6.45) is -0.251. The minimum atomic E-state index is -2.80. The van der Waals surface area contributed by atoms with Crippen LogP contribution >= 0.6 is 12.2 Å². The molecule has 7 heteroatoms. The Bertz CT molecular complexity index is 343. The number of aromatic nitrogens is 3. The predicted octanol–water partition coefficient (Wildman–Crippen LogP) is 1.57. The number of nitrogens with zero attached hydrogens (tertiary/aromatic N) is 2. The van der Waals surface area contributed by atoms with Gasteiger partial charge < -0.3 is 5.73 Å². The zero-order valence-corrected chi connectivity index (χ0v) is 7.87. The van der Waals surface area contributed by atoms with E-state index >= 15 is 0 Å². The molecular formula is C6H10F2N4S. The molecule has 13 heavy (non-hydrogen) atoms. The number of hydrogen-bond acceptors (Lipinski definition) is 3. The summed E-state index contributed by atoms with van der Waals surface area (Å²) in [7, 11) is 0. The average Bonchev–Trinajstić information content (AvgIpc) is 2.36. The lowest BCUT2D eigenvalue weighted by atomic mass is 10.2. The van der Waals surface area contributed by atoms with Crippen LogP contribution < -0.4 is 5.73 Å². The second-order valence-corrected chi connectivity index (χ2v) is 3.07. The van der Waals surface area contributed by atoms with Gasteiger partial charge in [0.25, 0.3) is 5.92 Å². The highest BCUT2D eigenvalue weighted by atomic mass is 32.1. The first-order chi connectivity index (χ1) is 5.96. The van der Waals surface area contributed by atoms with E-state index in [1.807, 2.05) is 0 Å². The third-order valence-corrected chi connectivity index (χ3v) is 2.01. The van der Waals surface area contributed by atoms with E-state index in [0.717, 1.165) is 4.57 Å². The number of alkyl halides is 2. The Labute approximate surface area is 78.7 Å². The van der Waals surface area contributed by atoms with E-state index in [1.165, 1.54) is 6.92 Å². The lowest BCUT2D eigenvalue weighted by Gasteiger charge is -2.14. The van der Waals surface area contributed by atoms with Gasteiger partial charge >= 0.3 is 0 Å². The summed E-state index contributed by atoms with van der Waals surface area (Å²) in [4.78, 5) is 0. The summed E-state index contributed by atoms with van der Waals surface area (Å²) in [6.45, 7) is 0.880. The quantitative estimate of drug-likeness (QED) is 0.741. The van der Waals surface area contributed by atoms with Crippen molar-refractivity contribution in [3.05, 3.63) is 4.77 Å². The molecule has 0 aliphatic carbocycles. The zero-order valence-electron chi connectivity index (χ0n) is 7.05. The van der Waals surface area contributed by atoms with Gasteiger partial charge in [0.15, 0.2) is 4.77 Å². The molecule has 3 N–H and O–H groups in total.